The molecular weight excluding hydrogens is 160 g/mol. The lowest BCUT2D eigenvalue weighted by molar-refractivity contribution is 0.903. The maximum Gasteiger partial charge on any atom is 0.0995 e. The van der Waals surface area contributed by atoms with Crippen LogP contribution < -0.4 is 0 Å². The molecule has 0 radical (unpaired) electrons. The Morgan fingerprint density at radius 2 is 1.85 bits per heavy atom. The van der Waals surface area contributed by atoms with Crippen LogP contribution in [0.3, 0.4) is 0 Å². The molecule has 0 N–H and O–H groups in total. The van der Waals surface area contributed by atoms with Crippen LogP contribution in [0.2, 0.25) is 0 Å². The average Bonchev–Trinajstić information content (AvgIpc) is 2.98. The average molecular weight is 168 g/mol. The summed E-state index contributed by atoms with van der Waals surface area (Å²) in [6.07, 6.45) is 1.78. The van der Waals surface area contributed by atoms with Crippen LogP contribution in [0.4, 0.5) is 0 Å². The molecule has 0 saturated heterocycles. The molecule has 0 unspecified atom stereocenters. The highest BCUT2D eigenvalue weighted by molar-refractivity contribution is 5.49. The smallest absolute Gasteiger partial charge is 0.0995 e. The van der Waals surface area contributed by atoms with Crippen molar-refractivity contribution in [3.63, 3.8) is 0 Å². The maximum absolute atomic E-state index is 8.97. The lowest BCUT2D eigenvalue weighted by Gasteiger charge is -2.06. The highest BCUT2D eigenvalue weighted by atomic mass is 14.5. The first-order chi connectivity index (χ1) is 6.32. The van der Waals surface area contributed by atoms with Gasteiger partial charge in [-0.15, -0.1) is 0 Å². The minimum atomic E-state index is -0.341. The number of rotatable bonds is 1. The lowest BCUT2D eigenvalue weighted by Crippen LogP contribution is -2.04. The first-order valence-electron chi connectivity index (χ1n) is 4.23. The van der Waals surface area contributed by atoms with Crippen molar-refractivity contribution < 1.29 is 0 Å². The normalized spacial score (nSPS) is 17.1. The molecule has 0 aromatic heterocycles. The quantitative estimate of drug-likeness (QED) is 0.644. The van der Waals surface area contributed by atoms with Crippen LogP contribution in [0.15, 0.2) is 24.3 Å². The minimum Gasteiger partial charge on any atom is -0.197 e. The Balaban J connectivity index is 2.54. The SMILES string of the molecule is N#Cc1ccccc1C1(C#N)CC1. The Morgan fingerprint density at radius 1 is 1.15 bits per heavy atom. The van der Waals surface area contributed by atoms with Gasteiger partial charge in [0.15, 0.2) is 0 Å². The number of nitrogens with zero attached hydrogens (tertiary/aromatic N) is 2. The predicted octanol–water partition coefficient (Wildman–Crippen LogP) is 2.11. The van der Waals surface area contributed by atoms with Crippen LogP contribution in [0, 0.1) is 22.7 Å². The van der Waals surface area contributed by atoms with Crippen molar-refractivity contribution in [1.82, 2.24) is 0 Å². The Bertz CT molecular complexity index is 416. The summed E-state index contributed by atoms with van der Waals surface area (Å²) in [6, 6.07) is 11.8. The molecule has 1 aromatic carbocycles. The van der Waals surface area contributed by atoms with Gasteiger partial charge in [-0.25, -0.2) is 0 Å². The summed E-state index contributed by atoms with van der Waals surface area (Å²) in [5.41, 5.74) is 1.20. The summed E-state index contributed by atoms with van der Waals surface area (Å²) in [6.45, 7) is 0. The first-order valence-corrected chi connectivity index (χ1v) is 4.23. The fraction of sp³-hybridized carbons (Fsp3) is 0.273. The van der Waals surface area contributed by atoms with E-state index in [0.717, 1.165) is 18.4 Å². The highest BCUT2D eigenvalue weighted by Gasteiger charge is 2.46. The van der Waals surface area contributed by atoms with Crippen LogP contribution in [0.1, 0.15) is 24.0 Å². The van der Waals surface area contributed by atoms with E-state index in [1.807, 2.05) is 18.2 Å². The Morgan fingerprint density at radius 3 is 2.38 bits per heavy atom. The standard InChI is InChI=1S/C11H8N2/c12-7-9-3-1-2-4-10(9)11(8-13)5-6-11/h1-4H,5-6H2. The molecule has 0 atom stereocenters. The summed E-state index contributed by atoms with van der Waals surface area (Å²) in [5, 5.41) is 17.8. The fourth-order valence-corrected chi connectivity index (χ4v) is 1.56. The van der Waals surface area contributed by atoms with Gasteiger partial charge >= 0.3 is 0 Å². The zero-order valence-corrected chi connectivity index (χ0v) is 7.12. The maximum atomic E-state index is 8.97. The van der Waals surface area contributed by atoms with E-state index in [0.29, 0.717) is 5.56 Å². The highest BCUT2D eigenvalue weighted by Crippen LogP contribution is 2.48. The molecular formula is C11H8N2. The number of hydrogen-bond acceptors (Lipinski definition) is 2. The Kier molecular flexibility index (Phi) is 1.57. The van der Waals surface area contributed by atoms with Crippen molar-refractivity contribution >= 4 is 0 Å². The molecule has 0 spiro atoms. The zero-order chi connectivity index (χ0) is 9.31. The van der Waals surface area contributed by atoms with Gasteiger partial charge in [0, 0.05) is 0 Å². The van der Waals surface area contributed by atoms with Crippen molar-refractivity contribution in [3.8, 4) is 12.1 Å². The lowest BCUT2D eigenvalue weighted by atomic mass is 9.93. The molecule has 0 heterocycles. The van der Waals surface area contributed by atoms with Crippen molar-refractivity contribution in [1.29, 1.82) is 10.5 Å². The Labute approximate surface area is 77.0 Å². The molecule has 2 nitrogen and oxygen atoms in total. The van der Waals surface area contributed by atoms with Gasteiger partial charge in [-0.3, -0.25) is 0 Å². The second kappa shape index (κ2) is 2.61. The van der Waals surface area contributed by atoms with Gasteiger partial charge < -0.3 is 0 Å². The molecule has 0 amide bonds. The van der Waals surface area contributed by atoms with E-state index in [1.54, 1.807) is 6.07 Å². The van der Waals surface area contributed by atoms with Gasteiger partial charge in [0.25, 0.3) is 0 Å². The molecule has 0 aliphatic heterocycles. The fourth-order valence-electron chi connectivity index (χ4n) is 1.56. The molecule has 1 fully saturated rings. The largest absolute Gasteiger partial charge is 0.197 e. The second-order valence-electron chi connectivity index (χ2n) is 3.35. The van der Waals surface area contributed by atoms with Crippen molar-refractivity contribution in [2.24, 2.45) is 0 Å². The molecule has 1 aliphatic rings. The molecule has 1 saturated carbocycles. The third kappa shape index (κ3) is 1.08. The van der Waals surface area contributed by atoms with Crippen LogP contribution in [-0.4, -0.2) is 0 Å². The van der Waals surface area contributed by atoms with E-state index in [-0.39, 0.29) is 5.41 Å². The molecule has 1 aliphatic carbocycles. The summed E-state index contributed by atoms with van der Waals surface area (Å²) >= 11 is 0. The summed E-state index contributed by atoms with van der Waals surface area (Å²) in [7, 11) is 0. The van der Waals surface area contributed by atoms with Gasteiger partial charge in [0.05, 0.1) is 23.1 Å². The van der Waals surface area contributed by atoms with Gasteiger partial charge in [-0.1, -0.05) is 18.2 Å². The zero-order valence-electron chi connectivity index (χ0n) is 7.12. The number of nitriles is 2. The molecule has 1 aromatic rings. The minimum absolute atomic E-state index is 0.341. The summed E-state index contributed by atoms with van der Waals surface area (Å²) < 4.78 is 0. The van der Waals surface area contributed by atoms with Crippen molar-refractivity contribution in [3.05, 3.63) is 35.4 Å². The Hall–Kier alpha value is -1.80. The molecule has 0 bridgehead atoms. The summed E-state index contributed by atoms with van der Waals surface area (Å²) in [4.78, 5) is 0. The number of hydrogen-bond donors (Lipinski definition) is 0. The van der Waals surface area contributed by atoms with Gasteiger partial charge in [-0.2, -0.15) is 10.5 Å². The van der Waals surface area contributed by atoms with Crippen molar-refractivity contribution in [2.45, 2.75) is 18.3 Å². The predicted molar refractivity (Wildman–Crippen MR) is 47.7 cm³/mol. The van der Waals surface area contributed by atoms with Gasteiger partial charge in [-0.05, 0) is 24.5 Å². The molecule has 13 heavy (non-hydrogen) atoms. The van der Waals surface area contributed by atoms with Crippen LogP contribution in [-0.2, 0) is 5.41 Å². The third-order valence-corrected chi connectivity index (χ3v) is 2.53. The molecule has 62 valence electrons. The van der Waals surface area contributed by atoms with Crippen molar-refractivity contribution in [2.75, 3.05) is 0 Å². The monoisotopic (exact) mass is 168 g/mol. The number of benzene rings is 1. The van der Waals surface area contributed by atoms with Crippen LogP contribution in [0.5, 0.6) is 0 Å². The third-order valence-electron chi connectivity index (χ3n) is 2.53. The summed E-state index contributed by atoms with van der Waals surface area (Å²) in [5.74, 6) is 0. The second-order valence-corrected chi connectivity index (χ2v) is 3.35. The first kappa shape index (κ1) is 7.83. The van der Waals surface area contributed by atoms with E-state index in [4.69, 9.17) is 10.5 Å². The van der Waals surface area contributed by atoms with E-state index < -0.39 is 0 Å². The molecule has 2 rings (SSSR count). The van der Waals surface area contributed by atoms with E-state index in [1.165, 1.54) is 0 Å². The van der Waals surface area contributed by atoms with Gasteiger partial charge in [0.2, 0.25) is 0 Å². The van der Waals surface area contributed by atoms with Crippen LogP contribution >= 0.6 is 0 Å². The van der Waals surface area contributed by atoms with Crippen LogP contribution in [0.25, 0.3) is 0 Å². The van der Waals surface area contributed by atoms with E-state index >= 15 is 0 Å². The van der Waals surface area contributed by atoms with Gasteiger partial charge in [0.1, 0.15) is 0 Å². The van der Waals surface area contributed by atoms with E-state index in [2.05, 4.69) is 12.1 Å². The van der Waals surface area contributed by atoms with E-state index in [9.17, 15) is 0 Å². The topological polar surface area (TPSA) is 47.6 Å². The molecule has 2 heteroatoms.